The molecular formula is C18H18F2N6O4S. The van der Waals surface area contributed by atoms with Gasteiger partial charge < -0.3 is 10.6 Å². The highest BCUT2D eigenvalue weighted by Gasteiger charge is 2.23. The monoisotopic (exact) mass is 452 g/mol. The van der Waals surface area contributed by atoms with Gasteiger partial charge in [0.05, 0.1) is 28.7 Å². The lowest BCUT2D eigenvalue weighted by Gasteiger charge is -2.12. The van der Waals surface area contributed by atoms with Crippen LogP contribution in [0.15, 0.2) is 24.4 Å². The predicted molar refractivity (Wildman–Crippen MR) is 110 cm³/mol. The fraction of sp³-hybridized carbons (Fsp3) is 0.222. The van der Waals surface area contributed by atoms with Crippen molar-refractivity contribution in [3.05, 3.63) is 41.6 Å². The molecule has 0 radical (unpaired) electrons. The Morgan fingerprint density at radius 2 is 1.94 bits per heavy atom. The van der Waals surface area contributed by atoms with Crippen LogP contribution in [0.1, 0.15) is 30.6 Å². The molecule has 4 N–H and O–H groups in total. The minimum absolute atomic E-state index is 0.0706. The molecule has 10 nitrogen and oxygen atoms in total. The molecule has 2 aromatic heterocycles. The van der Waals surface area contributed by atoms with Gasteiger partial charge in [-0.1, -0.05) is 6.92 Å². The molecule has 3 rings (SSSR count). The number of pyridine rings is 1. The van der Waals surface area contributed by atoms with Crippen molar-refractivity contribution in [2.75, 3.05) is 21.1 Å². The Labute approximate surface area is 175 Å². The van der Waals surface area contributed by atoms with Gasteiger partial charge in [-0.3, -0.25) is 19.4 Å². The second-order valence-electron chi connectivity index (χ2n) is 6.53. The quantitative estimate of drug-likeness (QED) is 0.433. The first-order valence-corrected chi connectivity index (χ1v) is 10.7. The second-order valence-corrected chi connectivity index (χ2v) is 8.38. The van der Waals surface area contributed by atoms with Gasteiger partial charge >= 0.3 is 0 Å². The zero-order valence-corrected chi connectivity index (χ0v) is 17.2. The predicted octanol–water partition coefficient (Wildman–Crippen LogP) is 2.60. The minimum Gasteiger partial charge on any atom is -0.320 e. The van der Waals surface area contributed by atoms with Crippen LogP contribution in [-0.4, -0.2) is 41.2 Å². The van der Waals surface area contributed by atoms with E-state index in [1.165, 1.54) is 19.2 Å². The van der Waals surface area contributed by atoms with Crippen LogP contribution in [-0.2, 0) is 14.8 Å². The number of H-pyrrole nitrogens is 1. The van der Waals surface area contributed by atoms with Gasteiger partial charge in [-0.2, -0.15) is 5.10 Å². The highest BCUT2D eigenvalue weighted by Crippen LogP contribution is 2.25. The SMILES string of the molecule is CCCS(=O)(=O)Nc1ccc(F)c(C(=O)Nc2cnc3n[nH]c(NC(C)=O)c3c2)c1F. The van der Waals surface area contributed by atoms with Gasteiger partial charge in [0.2, 0.25) is 15.9 Å². The summed E-state index contributed by atoms with van der Waals surface area (Å²) in [7, 11) is -3.85. The maximum Gasteiger partial charge on any atom is 0.261 e. The van der Waals surface area contributed by atoms with Crippen LogP contribution >= 0.6 is 0 Å². The number of carbonyl (C=O) groups is 2. The molecule has 2 amide bonds. The summed E-state index contributed by atoms with van der Waals surface area (Å²) in [4.78, 5) is 27.8. The Morgan fingerprint density at radius 1 is 1.19 bits per heavy atom. The molecule has 0 saturated heterocycles. The van der Waals surface area contributed by atoms with E-state index in [0.717, 1.165) is 12.1 Å². The van der Waals surface area contributed by atoms with Crippen LogP contribution < -0.4 is 15.4 Å². The van der Waals surface area contributed by atoms with E-state index in [1.807, 2.05) is 4.72 Å². The fourth-order valence-electron chi connectivity index (χ4n) is 2.76. The third-order valence-corrected chi connectivity index (χ3v) is 5.50. The van der Waals surface area contributed by atoms with Crippen molar-refractivity contribution >= 4 is 50.1 Å². The van der Waals surface area contributed by atoms with Gasteiger partial charge in [0.1, 0.15) is 17.2 Å². The second kappa shape index (κ2) is 8.63. The average Bonchev–Trinajstić information content (AvgIpc) is 3.05. The van der Waals surface area contributed by atoms with Crippen molar-refractivity contribution in [1.29, 1.82) is 0 Å². The summed E-state index contributed by atoms with van der Waals surface area (Å²) in [5.41, 5.74) is -1.20. The van der Waals surface area contributed by atoms with Crippen LogP contribution in [0.2, 0.25) is 0 Å². The van der Waals surface area contributed by atoms with E-state index < -0.39 is 38.8 Å². The number of hydrogen-bond donors (Lipinski definition) is 4. The first kappa shape index (κ1) is 22.1. The molecule has 0 saturated carbocycles. The normalized spacial score (nSPS) is 11.4. The fourth-order valence-corrected chi connectivity index (χ4v) is 3.89. The van der Waals surface area contributed by atoms with E-state index in [2.05, 4.69) is 25.8 Å². The number of hydrogen-bond acceptors (Lipinski definition) is 6. The number of nitrogens with zero attached hydrogens (tertiary/aromatic N) is 2. The third-order valence-electron chi connectivity index (χ3n) is 4.02. The first-order chi connectivity index (χ1) is 14.6. The summed E-state index contributed by atoms with van der Waals surface area (Å²) < 4.78 is 54.8. The molecule has 0 atom stereocenters. The smallest absolute Gasteiger partial charge is 0.261 e. The molecule has 0 spiro atoms. The van der Waals surface area contributed by atoms with E-state index in [1.54, 1.807) is 6.92 Å². The number of benzene rings is 1. The Hall–Kier alpha value is -3.61. The lowest BCUT2D eigenvalue weighted by molar-refractivity contribution is -0.114. The number of nitrogens with one attached hydrogen (secondary N) is 4. The van der Waals surface area contributed by atoms with Crippen molar-refractivity contribution in [1.82, 2.24) is 15.2 Å². The van der Waals surface area contributed by atoms with Crippen LogP contribution in [0.4, 0.5) is 26.0 Å². The van der Waals surface area contributed by atoms with E-state index >= 15 is 0 Å². The number of rotatable bonds is 7. The first-order valence-electron chi connectivity index (χ1n) is 9.03. The molecule has 2 heterocycles. The maximum absolute atomic E-state index is 14.8. The minimum atomic E-state index is -3.85. The van der Waals surface area contributed by atoms with Crippen molar-refractivity contribution in [2.24, 2.45) is 0 Å². The number of sulfonamides is 1. The Balaban J connectivity index is 1.91. The molecular weight excluding hydrogens is 434 g/mol. The molecule has 164 valence electrons. The van der Waals surface area contributed by atoms with Crippen LogP contribution in [0.5, 0.6) is 0 Å². The molecule has 0 unspecified atom stereocenters. The molecule has 31 heavy (non-hydrogen) atoms. The summed E-state index contributed by atoms with van der Waals surface area (Å²) in [5.74, 6) is -4.09. The Kier molecular flexibility index (Phi) is 6.15. The highest BCUT2D eigenvalue weighted by atomic mass is 32.2. The van der Waals surface area contributed by atoms with Gasteiger partial charge in [-0.05, 0) is 24.6 Å². The van der Waals surface area contributed by atoms with E-state index in [4.69, 9.17) is 0 Å². The molecule has 0 bridgehead atoms. The van der Waals surface area contributed by atoms with Gasteiger partial charge in [0.15, 0.2) is 11.5 Å². The number of aromatic amines is 1. The van der Waals surface area contributed by atoms with Crippen LogP contribution in [0.3, 0.4) is 0 Å². The Morgan fingerprint density at radius 3 is 2.61 bits per heavy atom. The number of anilines is 3. The molecule has 0 aliphatic carbocycles. The third kappa shape index (κ3) is 4.94. The molecule has 1 aromatic carbocycles. The van der Waals surface area contributed by atoms with Gasteiger partial charge in [0.25, 0.3) is 5.91 Å². The molecule has 13 heteroatoms. The maximum atomic E-state index is 14.8. The van der Waals surface area contributed by atoms with Crippen LogP contribution in [0, 0.1) is 11.6 Å². The molecule has 0 aliphatic heterocycles. The van der Waals surface area contributed by atoms with E-state index in [0.29, 0.717) is 5.39 Å². The molecule has 3 aromatic rings. The van der Waals surface area contributed by atoms with Gasteiger partial charge in [-0.15, -0.1) is 0 Å². The standard InChI is InChI=1S/C18H18F2N6O4S/c1-3-6-31(29,30)26-13-5-4-12(19)14(15(13)20)18(28)23-10-7-11-16(21-8-10)24-25-17(11)22-9(2)27/h4-5,7-8,26H,3,6H2,1-2H3,(H,23,28)(H2,21,22,24,25,27). The zero-order chi connectivity index (χ0) is 22.8. The lowest BCUT2D eigenvalue weighted by Crippen LogP contribution is -2.20. The number of fused-ring (bicyclic) bond motifs is 1. The summed E-state index contributed by atoms with van der Waals surface area (Å²) in [6, 6.07) is 3.08. The molecule has 0 aliphatic rings. The Bertz CT molecular complexity index is 1280. The molecule has 0 fully saturated rings. The van der Waals surface area contributed by atoms with Gasteiger partial charge in [0, 0.05) is 6.92 Å². The average molecular weight is 452 g/mol. The van der Waals surface area contributed by atoms with E-state index in [9.17, 15) is 26.8 Å². The number of aromatic nitrogens is 3. The summed E-state index contributed by atoms with van der Waals surface area (Å²) >= 11 is 0. The highest BCUT2D eigenvalue weighted by molar-refractivity contribution is 7.92. The zero-order valence-electron chi connectivity index (χ0n) is 16.4. The largest absolute Gasteiger partial charge is 0.320 e. The summed E-state index contributed by atoms with van der Waals surface area (Å²) in [6.07, 6.45) is 1.50. The van der Waals surface area contributed by atoms with Crippen molar-refractivity contribution in [2.45, 2.75) is 20.3 Å². The van der Waals surface area contributed by atoms with Crippen LogP contribution in [0.25, 0.3) is 11.0 Å². The number of amides is 2. The summed E-state index contributed by atoms with van der Waals surface area (Å²) in [5, 5.41) is 11.6. The van der Waals surface area contributed by atoms with Gasteiger partial charge in [-0.25, -0.2) is 22.2 Å². The topological polar surface area (TPSA) is 146 Å². The number of carbonyl (C=O) groups excluding carboxylic acids is 2. The summed E-state index contributed by atoms with van der Waals surface area (Å²) in [6.45, 7) is 2.92. The van der Waals surface area contributed by atoms with E-state index in [-0.39, 0.29) is 35.2 Å². The van der Waals surface area contributed by atoms with Crippen molar-refractivity contribution < 1.29 is 26.8 Å². The van der Waals surface area contributed by atoms with Crippen molar-refractivity contribution in [3.63, 3.8) is 0 Å². The number of halogens is 2. The van der Waals surface area contributed by atoms with Crippen molar-refractivity contribution in [3.8, 4) is 0 Å². The lowest BCUT2D eigenvalue weighted by atomic mass is 10.1.